The molecule has 6 nitrogen and oxygen atoms in total. The molecule has 0 heterocycles. The van der Waals surface area contributed by atoms with Crippen molar-refractivity contribution in [3.8, 4) is 0 Å². The first-order chi connectivity index (χ1) is 8.74. The molecule has 0 aliphatic rings. The molecular weight excluding hydrogens is 266 g/mol. The number of guanidine groups is 1. The molecule has 0 unspecified atom stereocenters. The zero-order chi connectivity index (χ0) is 14.9. The Kier molecular flexibility index (Phi) is 8.01. The van der Waals surface area contributed by atoms with E-state index in [-0.39, 0.29) is 5.75 Å². The Morgan fingerprint density at radius 2 is 1.89 bits per heavy atom. The molecule has 0 aliphatic heterocycles. The quantitative estimate of drug-likeness (QED) is 0.403. The van der Waals surface area contributed by atoms with Gasteiger partial charge in [0.05, 0.1) is 23.7 Å². The molecule has 0 aromatic heterocycles. The zero-order valence-corrected chi connectivity index (χ0v) is 13.4. The van der Waals surface area contributed by atoms with Crippen molar-refractivity contribution in [2.45, 2.75) is 32.4 Å². The molecule has 0 aliphatic carbocycles. The topological polar surface area (TPSA) is 79.8 Å². The van der Waals surface area contributed by atoms with Gasteiger partial charge in [0.1, 0.15) is 0 Å². The SMILES string of the molecule is CCNC(=NCCOC)NCCS(=O)(=O)C(C)(C)C. The van der Waals surface area contributed by atoms with E-state index in [1.54, 1.807) is 27.9 Å². The van der Waals surface area contributed by atoms with Gasteiger partial charge in [-0.2, -0.15) is 0 Å². The lowest BCUT2D eigenvalue weighted by Gasteiger charge is -2.19. The van der Waals surface area contributed by atoms with E-state index < -0.39 is 14.6 Å². The van der Waals surface area contributed by atoms with Crippen LogP contribution in [0, 0.1) is 0 Å². The van der Waals surface area contributed by atoms with Crippen molar-refractivity contribution in [2.24, 2.45) is 4.99 Å². The highest BCUT2D eigenvalue weighted by atomic mass is 32.2. The average molecular weight is 293 g/mol. The Balaban J connectivity index is 4.31. The predicted molar refractivity (Wildman–Crippen MR) is 79.4 cm³/mol. The van der Waals surface area contributed by atoms with Gasteiger partial charge in [0.2, 0.25) is 0 Å². The van der Waals surface area contributed by atoms with Gasteiger partial charge >= 0.3 is 0 Å². The van der Waals surface area contributed by atoms with Crippen molar-refractivity contribution in [3.63, 3.8) is 0 Å². The van der Waals surface area contributed by atoms with Gasteiger partial charge in [0.25, 0.3) is 0 Å². The first kappa shape index (κ1) is 18.2. The van der Waals surface area contributed by atoms with Crippen LogP contribution in [0.5, 0.6) is 0 Å². The van der Waals surface area contributed by atoms with Crippen LogP contribution in [0.25, 0.3) is 0 Å². The van der Waals surface area contributed by atoms with Crippen molar-refractivity contribution >= 4 is 15.8 Å². The summed E-state index contributed by atoms with van der Waals surface area (Å²) in [6, 6.07) is 0. The highest BCUT2D eigenvalue weighted by Gasteiger charge is 2.28. The van der Waals surface area contributed by atoms with Gasteiger partial charge in [-0.05, 0) is 27.7 Å². The molecule has 2 N–H and O–H groups in total. The second kappa shape index (κ2) is 8.37. The number of aliphatic imine (C=N–C) groups is 1. The van der Waals surface area contributed by atoms with E-state index in [9.17, 15) is 8.42 Å². The molecule has 0 amide bonds. The van der Waals surface area contributed by atoms with E-state index in [1.807, 2.05) is 6.92 Å². The molecule has 0 atom stereocenters. The van der Waals surface area contributed by atoms with Crippen LogP contribution in [-0.2, 0) is 14.6 Å². The maximum Gasteiger partial charge on any atom is 0.191 e. The number of nitrogens with one attached hydrogen (secondary N) is 2. The van der Waals surface area contributed by atoms with Gasteiger partial charge in [-0.3, -0.25) is 4.99 Å². The molecule has 0 saturated heterocycles. The number of hydrogen-bond acceptors (Lipinski definition) is 4. The van der Waals surface area contributed by atoms with E-state index in [4.69, 9.17) is 4.74 Å². The summed E-state index contributed by atoms with van der Waals surface area (Å²) >= 11 is 0. The maximum absolute atomic E-state index is 11.9. The second-order valence-corrected chi connectivity index (χ2v) is 7.97. The Hall–Kier alpha value is -0.820. The number of hydrogen-bond donors (Lipinski definition) is 2. The highest BCUT2D eigenvalue weighted by Crippen LogP contribution is 2.15. The summed E-state index contributed by atoms with van der Waals surface area (Å²) in [6.07, 6.45) is 0. The Labute approximate surface area is 116 Å². The van der Waals surface area contributed by atoms with Crippen molar-refractivity contribution in [3.05, 3.63) is 0 Å². The summed E-state index contributed by atoms with van der Waals surface area (Å²) in [5.41, 5.74) is 0. The third-order valence-electron chi connectivity index (χ3n) is 2.51. The van der Waals surface area contributed by atoms with Crippen molar-refractivity contribution in [1.29, 1.82) is 0 Å². The van der Waals surface area contributed by atoms with Gasteiger partial charge in [-0.1, -0.05) is 0 Å². The molecule has 0 radical (unpaired) electrons. The predicted octanol–water partition coefficient (Wildman–Crippen LogP) is 0.401. The molecule has 0 bridgehead atoms. The average Bonchev–Trinajstić information content (AvgIpc) is 2.27. The number of sulfone groups is 1. The Morgan fingerprint density at radius 1 is 1.26 bits per heavy atom. The molecular formula is C12H27N3O3S. The summed E-state index contributed by atoms with van der Waals surface area (Å²) < 4.78 is 28.1. The first-order valence-corrected chi connectivity index (χ1v) is 8.13. The van der Waals surface area contributed by atoms with Crippen LogP contribution in [-0.4, -0.2) is 58.2 Å². The molecule has 7 heteroatoms. The van der Waals surface area contributed by atoms with Crippen LogP contribution >= 0.6 is 0 Å². The normalized spacial score (nSPS) is 13.4. The molecule has 0 aromatic rings. The largest absolute Gasteiger partial charge is 0.383 e. The lowest BCUT2D eigenvalue weighted by atomic mass is 10.3. The Bertz CT molecular complexity index is 372. The molecule has 114 valence electrons. The van der Waals surface area contributed by atoms with E-state index in [0.29, 0.717) is 25.7 Å². The lowest BCUT2D eigenvalue weighted by Crippen LogP contribution is -2.42. The Morgan fingerprint density at radius 3 is 2.37 bits per heavy atom. The fourth-order valence-corrected chi connectivity index (χ4v) is 2.18. The molecule has 0 spiro atoms. The van der Waals surface area contributed by atoms with Gasteiger partial charge in [0.15, 0.2) is 15.8 Å². The first-order valence-electron chi connectivity index (χ1n) is 6.48. The smallest absolute Gasteiger partial charge is 0.191 e. The molecule has 0 rings (SSSR count). The minimum atomic E-state index is -3.10. The fourth-order valence-electron chi connectivity index (χ4n) is 1.20. The summed E-state index contributed by atoms with van der Waals surface area (Å²) in [5, 5.41) is 6.07. The molecule has 0 saturated carbocycles. The van der Waals surface area contributed by atoms with Gasteiger partial charge in [-0.15, -0.1) is 0 Å². The maximum atomic E-state index is 11.9. The molecule has 0 fully saturated rings. The second-order valence-electron chi connectivity index (χ2n) is 5.11. The van der Waals surface area contributed by atoms with E-state index in [1.165, 1.54) is 0 Å². The van der Waals surface area contributed by atoms with Crippen molar-refractivity contribution in [1.82, 2.24) is 10.6 Å². The van der Waals surface area contributed by atoms with Crippen LogP contribution < -0.4 is 10.6 Å². The van der Waals surface area contributed by atoms with Crippen LogP contribution in [0.3, 0.4) is 0 Å². The van der Waals surface area contributed by atoms with Crippen LogP contribution in [0.2, 0.25) is 0 Å². The van der Waals surface area contributed by atoms with Crippen LogP contribution in [0.4, 0.5) is 0 Å². The number of methoxy groups -OCH3 is 1. The minimum absolute atomic E-state index is 0.0885. The number of nitrogens with zero attached hydrogens (tertiary/aromatic N) is 1. The number of rotatable bonds is 7. The van der Waals surface area contributed by atoms with E-state index >= 15 is 0 Å². The summed E-state index contributed by atoms with van der Waals surface area (Å²) in [7, 11) is -1.49. The standard InChI is InChI=1S/C12H27N3O3S/c1-6-13-11(14-7-9-18-5)15-8-10-19(16,17)12(2,3)4/h6-10H2,1-5H3,(H2,13,14,15). The van der Waals surface area contributed by atoms with Crippen LogP contribution in [0.15, 0.2) is 4.99 Å². The van der Waals surface area contributed by atoms with Crippen LogP contribution in [0.1, 0.15) is 27.7 Å². The highest BCUT2D eigenvalue weighted by molar-refractivity contribution is 7.92. The van der Waals surface area contributed by atoms with Crippen molar-refractivity contribution in [2.75, 3.05) is 39.1 Å². The summed E-state index contributed by atoms with van der Waals surface area (Å²) in [4.78, 5) is 4.26. The summed E-state index contributed by atoms with van der Waals surface area (Å²) in [6.45, 7) is 9.23. The third kappa shape index (κ3) is 7.37. The summed E-state index contributed by atoms with van der Waals surface area (Å²) in [5.74, 6) is 0.703. The van der Waals surface area contributed by atoms with E-state index in [2.05, 4.69) is 15.6 Å². The molecule has 0 aromatic carbocycles. The fraction of sp³-hybridized carbons (Fsp3) is 0.917. The monoisotopic (exact) mass is 293 g/mol. The minimum Gasteiger partial charge on any atom is -0.383 e. The zero-order valence-electron chi connectivity index (χ0n) is 12.6. The van der Waals surface area contributed by atoms with Gasteiger partial charge in [0, 0.05) is 20.2 Å². The third-order valence-corrected chi connectivity index (χ3v) is 5.11. The van der Waals surface area contributed by atoms with Gasteiger partial charge in [-0.25, -0.2) is 8.42 Å². The van der Waals surface area contributed by atoms with E-state index in [0.717, 1.165) is 6.54 Å². The van der Waals surface area contributed by atoms with Crippen molar-refractivity contribution < 1.29 is 13.2 Å². The molecule has 19 heavy (non-hydrogen) atoms. The lowest BCUT2D eigenvalue weighted by molar-refractivity contribution is 0.208. The van der Waals surface area contributed by atoms with Gasteiger partial charge < -0.3 is 15.4 Å². The number of ether oxygens (including phenoxy) is 1.